The van der Waals surface area contributed by atoms with Gasteiger partial charge in [0, 0.05) is 19.0 Å². The number of anilines is 1. The fourth-order valence-corrected chi connectivity index (χ4v) is 5.25. The number of rotatable bonds is 5. The molecule has 1 aromatic heterocycles. The minimum Gasteiger partial charge on any atom is -0.465 e. The molecule has 0 atom stereocenters. The van der Waals surface area contributed by atoms with Gasteiger partial charge in [0.2, 0.25) is 15.9 Å². The zero-order valence-electron chi connectivity index (χ0n) is 15.1. The highest BCUT2D eigenvalue weighted by Gasteiger charge is 2.32. The fraction of sp³-hybridized carbons (Fsp3) is 0.333. The number of hydrogen-bond donors (Lipinski definition) is 1. The van der Waals surface area contributed by atoms with Gasteiger partial charge in [-0.2, -0.15) is 4.31 Å². The highest BCUT2D eigenvalue weighted by molar-refractivity contribution is 7.89. The highest BCUT2D eigenvalue weighted by Crippen LogP contribution is 2.27. The first-order valence-electron chi connectivity index (χ1n) is 8.56. The smallest absolute Gasteiger partial charge is 0.348 e. The van der Waals surface area contributed by atoms with Crippen LogP contribution in [-0.4, -0.2) is 44.8 Å². The highest BCUT2D eigenvalue weighted by atomic mass is 32.2. The predicted octanol–water partition coefficient (Wildman–Crippen LogP) is 2.71. The van der Waals surface area contributed by atoms with E-state index >= 15 is 0 Å². The molecule has 1 amide bonds. The number of benzene rings is 1. The average molecular weight is 426 g/mol. The second kappa shape index (κ2) is 8.38. The molecule has 1 aromatic carbocycles. The van der Waals surface area contributed by atoms with Crippen molar-refractivity contribution < 1.29 is 27.1 Å². The number of nitrogens with zero attached hydrogens (tertiary/aromatic N) is 1. The Balaban J connectivity index is 1.58. The van der Waals surface area contributed by atoms with Gasteiger partial charge in [0.15, 0.2) is 0 Å². The van der Waals surface area contributed by atoms with Crippen LogP contribution in [0.2, 0.25) is 0 Å². The zero-order chi connectivity index (χ0) is 20.3. The van der Waals surface area contributed by atoms with Crippen LogP contribution in [-0.2, 0) is 19.6 Å². The summed E-state index contributed by atoms with van der Waals surface area (Å²) >= 11 is 1.12. The Bertz CT molecular complexity index is 964. The van der Waals surface area contributed by atoms with Crippen molar-refractivity contribution in [2.45, 2.75) is 17.7 Å². The van der Waals surface area contributed by atoms with Crippen molar-refractivity contribution in [3.05, 3.63) is 47.1 Å². The van der Waals surface area contributed by atoms with Gasteiger partial charge in [0.05, 0.1) is 17.0 Å². The van der Waals surface area contributed by atoms with E-state index in [1.165, 1.54) is 23.5 Å². The molecular formula is C18H19FN2O5S2. The number of esters is 1. The van der Waals surface area contributed by atoms with Crippen molar-refractivity contribution in [1.82, 2.24) is 4.31 Å². The van der Waals surface area contributed by atoms with Crippen LogP contribution in [0.25, 0.3) is 0 Å². The van der Waals surface area contributed by atoms with Gasteiger partial charge in [0.25, 0.3) is 0 Å². The van der Waals surface area contributed by atoms with E-state index in [1.54, 1.807) is 12.1 Å². The summed E-state index contributed by atoms with van der Waals surface area (Å²) in [6, 6.07) is 7.89. The molecule has 1 N–H and O–H groups in total. The van der Waals surface area contributed by atoms with Gasteiger partial charge in [-0.15, -0.1) is 11.3 Å². The maximum Gasteiger partial charge on any atom is 0.348 e. The maximum atomic E-state index is 13.0. The lowest BCUT2D eigenvalue weighted by molar-refractivity contribution is -0.120. The fourth-order valence-electron chi connectivity index (χ4n) is 2.95. The number of halogens is 1. The van der Waals surface area contributed by atoms with E-state index in [1.807, 2.05) is 0 Å². The second-order valence-electron chi connectivity index (χ2n) is 6.28. The quantitative estimate of drug-likeness (QED) is 0.742. The third kappa shape index (κ3) is 4.40. The first-order chi connectivity index (χ1) is 13.3. The molecular weight excluding hydrogens is 407 g/mol. The molecule has 1 fully saturated rings. The first kappa shape index (κ1) is 20.4. The van der Waals surface area contributed by atoms with Crippen molar-refractivity contribution in [1.29, 1.82) is 0 Å². The van der Waals surface area contributed by atoms with Crippen LogP contribution in [0.4, 0.5) is 9.39 Å². The normalized spacial score (nSPS) is 15.9. The third-order valence-corrected chi connectivity index (χ3v) is 7.41. The molecule has 0 spiro atoms. The molecule has 7 nitrogen and oxygen atoms in total. The van der Waals surface area contributed by atoms with Crippen LogP contribution in [0.1, 0.15) is 22.5 Å². The summed E-state index contributed by atoms with van der Waals surface area (Å²) in [5.74, 6) is -1.51. The Hall–Kier alpha value is -2.30. The van der Waals surface area contributed by atoms with Crippen LogP contribution in [0.3, 0.4) is 0 Å². The van der Waals surface area contributed by atoms with E-state index in [4.69, 9.17) is 0 Å². The van der Waals surface area contributed by atoms with Gasteiger partial charge in [0.1, 0.15) is 10.7 Å². The van der Waals surface area contributed by atoms with E-state index in [9.17, 15) is 22.4 Å². The number of sulfonamides is 1. The Morgan fingerprint density at radius 2 is 1.79 bits per heavy atom. The largest absolute Gasteiger partial charge is 0.465 e. The molecule has 0 unspecified atom stereocenters. The molecule has 3 rings (SSSR count). The summed E-state index contributed by atoms with van der Waals surface area (Å²) in [7, 11) is -2.42. The standard InChI is InChI=1S/C18H19FN2O5S2/c1-26-18(23)15-6-7-16(27-15)20-17(22)12-8-10-21(11-9-12)28(24,25)14-4-2-13(19)3-5-14/h2-7,12H,8-11H2,1H3,(H,20,22). The van der Waals surface area contributed by atoms with E-state index in [-0.39, 0.29) is 29.8 Å². The zero-order valence-corrected chi connectivity index (χ0v) is 16.7. The van der Waals surface area contributed by atoms with E-state index in [0.29, 0.717) is 22.7 Å². The average Bonchev–Trinajstić information content (AvgIpc) is 3.16. The van der Waals surface area contributed by atoms with Crippen molar-refractivity contribution in [2.24, 2.45) is 5.92 Å². The summed E-state index contributed by atoms with van der Waals surface area (Å²) in [6.45, 7) is 0.408. The molecule has 0 saturated carbocycles. The van der Waals surface area contributed by atoms with Crippen LogP contribution in [0.5, 0.6) is 0 Å². The number of piperidine rings is 1. The van der Waals surface area contributed by atoms with Crippen molar-refractivity contribution in [3.8, 4) is 0 Å². The van der Waals surface area contributed by atoms with Gasteiger partial charge < -0.3 is 10.1 Å². The number of carbonyl (C=O) groups excluding carboxylic acids is 2. The molecule has 0 aliphatic carbocycles. The summed E-state index contributed by atoms with van der Waals surface area (Å²) < 4.78 is 44.2. The summed E-state index contributed by atoms with van der Waals surface area (Å²) in [5, 5.41) is 3.30. The molecule has 0 bridgehead atoms. The number of amides is 1. The number of ether oxygens (including phenoxy) is 1. The maximum absolute atomic E-state index is 13.0. The van der Waals surface area contributed by atoms with Crippen molar-refractivity contribution in [2.75, 3.05) is 25.5 Å². The van der Waals surface area contributed by atoms with Crippen LogP contribution >= 0.6 is 11.3 Å². The number of carbonyl (C=O) groups is 2. The number of thiophene rings is 1. The lowest BCUT2D eigenvalue weighted by Crippen LogP contribution is -2.41. The second-order valence-corrected chi connectivity index (χ2v) is 9.30. The molecule has 10 heteroatoms. The molecule has 150 valence electrons. The van der Waals surface area contributed by atoms with Gasteiger partial charge in [-0.05, 0) is 49.2 Å². The molecule has 1 aliphatic rings. The lowest BCUT2D eigenvalue weighted by Gasteiger charge is -2.30. The Morgan fingerprint density at radius 1 is 1.14 bits per heavy atom. The van der Waals surface area contributed by atoms with Crippen molar-refractivity contribution in [3.63, 3.8) is 0 Å². The minimum atomic E-state index is -3.71. The summed E-state index contributed by atoms with van der Waals surface area (Å²) in [4.78, 5) is 24.3. The number of methoxy groups -OCH3 is 1. The summed E-state index contributed by atoms with van der Waals surface area (Å²) in [5.41, 5.74) is 0. The monoisotopic (exact) mass is 426 g/mol. The van der Waals surface area contributed by atoms with E-state index in [2.05, 4.69) is 10.1 Å². The van der Waals surface area contributed by atoms with Gasteiger partial charge in [-0.1, -0.05) is 0 Å². The molecule has 2 heterocycles. The van der Waals surface area contributed by atoms with E-state index < -0.39 is 21.8 Å². The van der Waals surface area contributed by atoms with Crippen LogP contribution < -0.4 is 5.32 Å². The Kier molecular flexibility index (Phi) is 6.11. The van der Waals surface area contributed by atoms with Gasteiger partial charge >= 0.3 is 5.97 Å². The molecule has 1 aliphatic heterocycles. The summed E-state index contributed by atoms with van der Waals surface area (Å²) in [6.07, 6.45) is 0.753. The number of nitrogens with one attached hydrogen (secondary N) is 1. The van der Waals surface area contributed by atoms with Gasteiger partial charge in [-0.3, -0.25) is 4.79 Å². The lowest BCUT2D eigenvalue weighted by atomic mass is 9.97. The van der Waals surface area contributed by atoms with Crippen LogP contribution in [0.15, 0.2) is 41.3 Å². The Labute approximate surface area is 166 Å². The SMILES string of the molecule is COC(=O)c1ccc(NC(=O)C2CCN(S(=O)(=O)c3ccc(F)cc3)CC2)s1. The first-order valence-corrected chi connectivity index (χ1v) is 10.8. The van der Waals surface area contributed by atoms with Crippen LogP contribution in [0, 0.1) is 11.7 Å². The Morgan fingerprint density at radius 3 is 2.39 bits per heavy atom. The molecule has 1 saturated heterocycles. The predicted molar refractivity (Wildman–Crippen MR) is 102 cm³/mol. The minimum absolute atomic E-state index is 0.0331. The van der Waals surface area contributed by atoms with E-state index in [0.717, 1.165) is 23.5 Å². The molecule has 0 radical (unpaired) electrons. The topological polar surface area (TPSA) is 92.8 Å². The van der Waals surface area contributed by atoms with Crippen molar-refractivity contribution >= 4 is 38.2 Å². The van der Waals surface area contributed by atoms with Gasteiger partial charge in [-0.25, -0.2) is 17.6 Å². The number of hydrogen-bond acceptors (Lipinski definition) is 6. The third-order valence-electron chi connectivity index (χ3n) is 4.52. The molecule has 28 heavy (non-hydrogen) atoms. The molecule has 2 aromatic rings.